The van der Waals surface area contributed by atoms with Gasteiger partial charge >= 0.3 is 0 Å². The van der Waals surface area contributed by atoms with Crippen LogP contribution in [0.5, 0.6) is 0 Å². The first-order valence-electron chi connectivity index (χ1n) is 7.61. The molecule has 0 spiro atoms. The van der Waals surface area contributed by atoms with Crippen LogP contribution in [0, 0.1) is 5.82 Å². The first-order valence-corrected chi connectivity index (χ1v) is 9.09. The van der Waals surface area contributed by atoms with E-state index in [1.54, 1.807) is 26.2 Å². The molecule has 0 aromatic heterocycles. The molecule has 0 saturated carbocycles. The van der Waals surface area contributed by atoms with Crippen LogP contribution in [0.4, 0.5) is 15.8 Å². The molecule has 0 aliphatic carbocycles. The van der Waals surface area contributed by atoms with Gasteiger partial charge in [0.2, 0.25) is 10.0 Å². The Morgan fingerprint density at radius 1 is 1.04 bits per heavy atom. The van der Waals surface area contributed by atoms with E-state index in [-0.39, 0.29) is 22.5 Å². The van der Waals surface area contributed by atoms with Crippen molar-refractivity contribution < 1.29 is 22.4 Å². The molecule has 0 bridgehead atoms. The van der Waals surface area contributed by atoms with Gasteiger partial charge in [0.25, 0.3) is 11.8 Å². The average Bonchev–Trinajstić information content (AvgIpc) is 2.86. The van der Waals surface area contributed by atoms with Crippen LogP contribution in [0.2, 0.25) is 0 Å². The number of nitrogens with zero attached hydrogens (tertiary/aromatic N) is 2. The molecular formula is C17H16FN3O4S. The number of hydrogen-bond acceptors (Lipinski definition) is 5. The highest BCUT2D eigenvalue weighted by molar-refractivity contribution is 7.89. The van der Waals surface area contributed by atoms with Crippen LogP contribution in [0.1, 0.15) is 20.7 Å². The van der Waals surface area contributed by atoms with Gasteiger partial charge in [-0.2, -0.15) is 0 Å². The molecule has 26 heavy (non-hydrogen) atoms. The quantitative estimate of drug-likeness (QED) is 0.818. The summed E-state index contributed by atoms with van der Waals surface area (Å²) in [6.45, 7) is 0. The molecule has 0 unspecified atom stereocenters. The van der Waals surface area contributed by atoms with Crippen molar-refractivity contribution in [3.63, 3.8) is 0 Å². The lowest BCUT2D eigenvalue weighted by molar-refractivity contribution is 0.0926. The molecule has 0 fully saturated rings. The topological polar surface area (TPSA) is 86.8 Å². The zero-order valence-corrected chi connectivity index (χ0v) is 15.1. The number of carbonyl (C=O) groups is 2. The Morgan fingerprint density at radius 2 is 1.58 bits per heavy atom. The maximum absolute atomic E-state index is 14.4. The third-order valence-electron chi connectivity index (χ3n) is 4.10. The largest absolute Gasteiger partial charge is 0.376 e. The predicted molar refractivity (Wildman–Crippen MR) is 94.6 cm³/mol. The summed E-state index contributed by atoms with van der Waals surface area (Å²) >= 11 is 0. The van der Waals surface area contributed by atoms with E-state index in [0.717, 1.165) is 24.1 Å². The Hall–Kier alpha value is -2.78. The second-order valence-electron chi connectivity index (χ2n) is 5.86. The fourth-order valence-electron chi connectivity index (χ4n) is 2.79. The van der Waals surface area contributed by atoms with Crippen LogP contribution in [0.25, 0.3) is 0 Å². The fraction of sp³-hybridized carbons (Fsp3) is 0.176. The zero-order chi connectivity index (χ0) is 19.2. The molecule has 3 rings (SSSR count). The summed E-state index contributed by atoms with van der Waals surface area (Å²) in [6.07, 6.45) is 0. The van der Waals surface area contributed by atoms with Crippen LogP contribution in [-0.4, -0.2) is 41.4 Å². The average molecular weight is 377 g/mol. The number of hydrogen-bond donors (Lipinski definition) is 1. The van der Waals surface area contributed by atoms with Crippen LogP contribution in [0.15, 0.2) is 41.3 Å². The van der Waals surface area contributed by atoms with Gasteiger partial charge in [-0.3, -0.25) is 9.59 Å². The molecule has 1 N–H and O–H groups in total. The van der Waals surface area contributed by atoms with Gasteiger partial charge in [0.15, 0.2) is 0 Å². The van der Waals surface area contributed by atoms with Crippen molar-refractivity contribution in [1.29, 1.82) is 0 Å². The maximum atomic E-state index is 14.4. The van der Waals surface area contributed by atoms with Gasteiger partial charge in [-0.25, -0.2) is 22.4 Å². The van der Waals surface area contributed by atoms with Crippen LogP contribution in [-0.2, 0) is 10.0 Å². The lowest BCUT2D eigenvalue weighted by atomic mass is 10.1. The van der Waals surface area contributed by atoms with Crippen molar-refractivity contribution >= 4 is 33.2 Å². The smallest absolute Gasteiger partial charge is 0.266 e. The molecule has 2 amide bonds. The minimum absolute atomic E-state index is 0.00331. The van der Waals surface area contributed by atoms with Crippen molar-refractivity contribution in [2.24, 2.45) is 0 Å². The highest BCUT2D eigenvalue weighted by atomic mass is 32.2. The first-order chi connectivity index (χ1) is 12.2. The van der Waals surface area contributed by atoms with E-state index in [2.05, 4.69) is 0 Å². The van der Waals surface area contributed by atoms with Gasteiger partial charge in [-0.1, -0.05) is 12.1 Å². The van der Waals surface area contributed by atoms with Gasteiger partial charge in [-0.15, -0.1) is 0 Å². The van der Waals surface area contributed by atoms with Gasteiger partial charge in [0.05, 0.1) is 22.5 Å². The number of nitrogens with one attached hydrogen (secondary N) is 1. The highest BCUT2D eigenvalue weighted by Crippen LogP contribution is 2.37. The second kappa shape index (κ2) is 6.19. The lowest BCUT2D eigenvalue weighted by Gasteiger charge is -2.24. The summed E-state index contributed by atoms with van der Waals surface area (Å²) in [6, 6.07) is 8.27. The SMILES string of the molecule is CNS(=O)(=O)c1cc(N2C(=O)c3ccccc3C2=O)c(N(C)C)cc1F. The zero-order valence-electron chi connectivity index (χ0n) is 14.3. The number of amides is 2. The molecular weight excluding hydrogens is 361 g/mol. The van der Waals surface area contributed by atoms with E-state index in [1.165, 1.54) is 17.0 Å². The van der Waals surface area contributed by atoms with Gasteiger partial charge < -0.3 is 4.90 Å². The second-order valence-corrected chi connectivity index (χ2v) is 7.72. The first kappa shape index (κ1) is 18.0. The number of sulfonamides is 1. The molecule has 9 heteroatoms. The summed E-state index contributed by atoms with van der Waals surface area (Å²) in [4.78, 5) is 27.2. The summed E-state index contributed by atoms with van der Waals surface area (Å²) < 4.78 is 40.6. The Bertz CT molecular complexity index is 999. The maximum Gasteiger partial charge on any atom is 0.266 e. The minimum atomic E-state index is -4.12. The van der Waals surface area contributed by atoms with Gasteiger partial charge in [0.1, 0.15) is 10.7 Å². The van der Waals surface area contributed by atoms with E-state index in [9.17, 15) is 22.4 Å². The Kier molecular flexibility index (Phi) is 4.29. The monoisotopic (exact) mass is 377 g/mol. The molecule has 7 nitrogen and oxygen atoms in total. The van der Waals surface area contributed by atoms with E-state index in [4.69, 9.17) is 0 Å². The Labute approximate surface area is 150 Å². The molecule has 0 atom stereocenters. The summed E-state index contributed by atoms with van der Waals surface area (Å²) in [5.41, 5.74) is 0.623. The normalized spacial score (nSPS) is 13.9. The van der Waals surface area contributed by atoms with E-state index < -0.39 is 32.6 Å². The van der Waals surface area contributed by atoms with Crippen molar-refractivity contribution in [3.8, 4) is 0 Å². The molecule has 0 radical (unpaired) electrons. The third kappa shape index (κ3) is 2.65. The number of benzene rings is 2. The van der Waals surface area contributed by atoms with E-state index in [0.29, 0.717) is 0 Å². The van der Waals surface area contributed by atoms with Gasteiger partial charge in [0, 0.05) is 20.2 Å². The summed E-state index contributed by atoms with van der Waals surface area (Å²) in [7, 11) is 0.230. The molecule has 1 aliphatic rings. The predicted octanol–water partition coefficient (Wildman–Crippen LogP) is 1.60. The third-order valence-corrected chi connectivity index (χ3v) is 5.53. The van der Waals surface area contributed by atoms with Crippen LogP contribution in [0.3, 0.4) is 0 Å². The highest BCUT2D eigenvalue weighted by Gasteiger charge is 2.38. The number of imide groups is 1. The fourth-order valence-corrected chi connectivity index (χ4v) is 3.60. The molecule has 1 aliphatic heterocycles. The summed E-state index contributed by atoms with van der Waals surface area (Å²) in [5, 5.41) is 0. The van der Waals surface area contributed by atoms with E-state index in [1.807, 2.05) is 4.72 Å². The van der Waals surface area contributed by atoms with Crippen LogP contribution < -0.4 is 14.5 Å². The summed E-state index contributed by atoms with van der Waals surface area (Å²) in [5.74, 6) is -2.16. The number of carbonyl (C=O) groups excluding carboxylic acids is 2. The molecule has 136 valence electrons. The molecule has 2 aromatic carbocycles. The number of rotatable bonds is 4. The van der Waals surface area contributed by atoms with Crippen molar-refractivity contribution in [3.05, 3.63) is 53.3 Å². The molecule has 0 saturated heterocycles. The molecule has 2 aromatic rings. The van der Waals surface area contributed by atoms with Crippen LogP contribution >= 0.6 is 0 Å². The van der Waals surface area contributed by atoms with Crippen molar-refractivity contribution in [2.45, 2.75) is 4.90 Å². The van der Waals surface area contributed by atoms with Gasteiger partial charge in [-0.05, 0) is 25.2 Å². The Balaban J connectivity index is 2.26. The number of halogens is 1. The van der Waals surface area contributed by atoms with E-state index >= 15 is 0 Å². The van der Waals surface area contributed by atoms with Crippen molar-refractivity contribution in [1.82, 2.24) is 4.72 Å². The molecule has 1 heterocycles. The van der Waals surface area contributed by atoms with Crippen molar-refractivity contribution in [2.75, 3.05) is 30.9 Å². The number of fused-ring (bicyclic) bond motifs is 1. The Morgan fingerprint density at radius 3 is 2.04 bits per heavy atom. The minimum Gasteiger partial charge on any atom is -0.376 e. The lowest BCUT2D eigenvalue weighted by Crippen LogP contribution is -2.32. The number of anilines is 2. The standard InChI is InChI=1S/C17H16FN3O4S/c1-19-26(24,25)15-9-14(13(20(2)3)8-12(15)18)21-16(22)10-6-4-5-7-11(10)17(21)23/h4-9,19H,1-3H3.